The first kappa shape index (κ1) is 23.8. The molecule has 0 aromatic heterocycles. The zero-order chi connectivity index (χ0) is 23.3. The number of carboxylic acids is 1. The van der Waals surface area contributed by atoms with E-state index in [0.29, 0.717) is 33.8 Å². The van der Waals surface area contributed by atoms with Gasteiger partial charge < -0.3 is 14.6 Å². The number of amides is 1. The molecule has 3 rings (SSSR count). The Morgan fingerprint density at radius 3 is 2.59 bits per heavy atom. The SMILES string of the molecule is CCOc1cc(/C=C2/SC(=S)N(c3ccccc3CC)C2=O)ccc1OC(CC)C(=O)O. The van der Waals surface area contributed by atoms with E-state index in [9.17, 15) is 14.7 Å². The molecule has 1 atom stereocenters. The summed E-state index contributed by atoms with van der Waals surface area (Å²) in [5, 5.41) is 9.28. The number of carbonyl (C=O) groups is 2. The highest BCUT2D eigenvalue weighted by molar-refractivity contribution is 8.27. The molecular formula is C24H25NO5S2. The molecule has 2 aromatic rings. The van der Waals surface area contributed by atoms with Gasteiger partial charge in [0, 0.05) is 0 Å². The van der Waals surface area contributed by atoms with Crippen LogP contribution >= 0.6 is 24.0 Å². The molecule has 168 valence electrons. The normalized spacial score (nSPS) is 15.8. The first-order valence-electron chi connectivity index (χ1n) is 10.4. The molecule has 1 aliphatic rings. The zero-order valence-corrected chi connectivity index (χ0v) is 19.8. The van der Waals surface area contributed by atoms with Gasteiger partial charge >= 0.3 is 5.97 Å². The van der Waals surface area contributed by atoms with Gasteiger partial charge in [-0.25, -0.2) is 4.79 Å². The van der Waals surface area contributed by atoms with Crippen LogP contribution in [0.25, 0.3) is 6.08 Å². The van der Waals surface area contributed by atoms with Gasteiger partial charge in [0.15, 0.2) is 21.9 Å². The summed E-state index contributed by atoms with van der Waals surface area (Å²) in [6.45, 7) is 6.01. The lowest BCUT2D eigenvalue weighted by atomic mass is 10.1. The van der Waals surface area contributed by atoms with Crippen LogP contribution in [0, 0.1) is 0 Å². The molecule has 32 heavy (non-hydrogen) atoms. The van der Waals surface area contributed by atoms with Crippen LogP contribution in [0.3, 0.4) is 0 Å². The molecule has 1 fully saturated rings. The van der Waals surface area contributed by atoms with Gasteiger partial charge in [0.25, 0.3) is 5.91 Å². The van der Waals surface area contributed by atoms with Crippen molar-refractivity contribution in [3.8, 4) is 11.5 Å². The number of carboxylic acid groups (broad SMARTS) is 1. The van der Waals surface area contributed by atoms with Crippen molar-refractivity contribution in [1.29, 1.82) is 0 Å². The van der Waals surface area contributed by atoms with E-state index in [4.69, 9.17) is 21.7 Å². The van der Waals surface area contributed by atoms with E-state index in [0.717, 1.165) is 23.2 Å². The van der Waals surface area contributed by atoms with Crippen molar-refractivity contribution < 1.29 is 24.2 Å². The molecule has 1 aliphatic heterocycles. The third kappa shape index (κ3) is 5.14. The number of carbonyl (C=O) groups excluding carboxylic acids is 1. The van der Waals surface area contributed by atoms with Gasteiger partial charge in [-0.2, -0.15) is 0 Å². The number of thioether (sulfide) groups is 1. The van der Waals surface area contributed by atoms with Crippen LogP contribution in [0.2, 0.25) is 0 Å². The quantitative estimate of drug-likeness (QED) is 0.393. The van der Waals surface area contributed by atoms with Crippen LogP contribution in [0.4, 0.5) is 5.69 Å². The smallest absolute Gasteiger partial charge is 0.344 e. The molecule has 1 unspecified atom stereocenters. The summed E-state index contributed by atoms with van der Waals surface area (Å²) in [6, 6.07) is 12.9. The molecular weight excluding hydrogens is 446 g/mol. The molecule has 0 bridgehead atoms. The minimum Gasteiger partial charge on any atom is -0.490 e. The Labute approximate surface area is 197 Å². The average molecular weight is 472 g/mol. The Bertz CT molecular complexity index is 1070. The topological polar surface area (TPSA) is 76.1 Å². The maximum Gasteiger partial charge on any atom is 0.344 e. The number of nitrogens with zero attached hydrogens (tertiary/aromatic N) is 1. The lowest BCUT2D eigenvalue weighted by Gasteiger charge is -2.18. The number of aryl methyl sites for hydroxylation is 1. The molecule has 0 radical (unpaired) electrons. The summed E-state index contributed by atoms with van der Waals surface area (Å²) in [4.78, 5) is 26.6. The average Bonchev–Trinajstić information content (AvgIpc) is 3.05. The molecule has 6 nitrogen and oxygen atoms in total. The fourth-order valence-corrected chi connectivity index (χ4v) is 4.58. The Hall–Kier alpha value is -2.84. The van der Waals surface area contributed by atoms with Gasteiger partial charge in [0.05, 0.1) is 17.2 Å². The van der Waals surface area contributed by atoms with Crippen LogP contribution in [0.5, 0.6) is 11.5 Å². The van der Waals surface area contributed by atoms with Crippen molar-refractivity contribution in [1.82, 2.24) is 0 Å². The van der Waals surface area contributed by atoms with Crippen LogP contribution < -0.4 is 14.4 Å². The highest BCUT2D eigenvalue weighted by Crippen LogP contribution is 2.38. The number of anilines is 1. The third-order valence-electron chi connectivity index (χ3n) is 4.89. The number of benzene rings is 2. The van der Waals surface area contributed by atoms with E-state index in [1.165, 1.54) is 11.8 Å². The second-order valence-corrected chi connectivity index (χ2v) is 8.67. The fraction of sp³-hybridized carbons (Fsp3) is 0.292. The molecule has 1 amide bonds. The molecule has 2 aromatic carbocycles. The Balaban J connectivity index is 1.91. The number of ether oxygens (including phenoxy) is 2. The van der Waals surface area contributed by atoms with Crippen molar-refractivity contribution in [2.45, 2.75) is 39.7 Å². The van der Waals surface area contributed by atoms with E-state index in [-0.39, 0.29) is 5.91 Å². The second-order valence-electron chi connectivity index (χ2n) is 6.99. The van der Waals surface area contributed by atoms with Crippen molar-refractivity contribution in [2.24, 2.45) is 0 Å². The summed E-state index contributed by atoms with van der Waals surface area (Å²) in [5.74, 6) is -0.429. The van der Waals surface area contributed by atoms with Crippen molar-refractivity contribution in [3.63, 3.8) is 0 Å². The first-order valence-corrected chi connectivity index (χ1v) is 11.6. The maximum atomic E-state index is 13.2. The largest absolute Gasteiger partial charge is 0.490 e. The summed E-state index contributed by atoms with van der Waals surface area (Å²) in [5.41, 5.74) is 2.58. The fourth-order valence-electron chi connectivity index (χ4n) is 3.30. The van der Waals surface area contributed by atoms with Crippen LogP contribution in [0.15, 0.2) is 47.4 Å². The number of aliphatic carboxylic acids is 1. The number of para-hydroxylation sites is 1. The summed E-state index contributed by atoms with van der Waals surface area (Å²) in [7, 11) is 0. The lowest BCUT2D eigenvalue weighted by Crippen LogP contribution is -2.28. The van der Waals surface area contributed by atoms with Gasteiger partial charge in [-0.1, -0.05) is 62.1 Å². The van der Waals surface area contributed by atoms with Crippen molar-refractivity contribution in [3.05, 3.63) is 58.5 Å². The Kier molecular flexibility index (Phi) is 7.93. The van der Waals surface area contributed by atoms with Crippen molar-refractivity contribution in [2.75, 3.05) is 11.5 Å². The maximum absolute atomic E-state index is 13.2. The Morgan fingerprint density at radius 2 is 1.94 bits per heavy atom. The molecule has 0 saturated carbocycles. The van der Waals surface area contributed by atoms with Crippen LogP contribution in [0.1, 0.15) is 38.3 Å². The number of thiocarbonyl (C=S) groups is 1. The van der Waals surface area contributed by atoms with Gasteiger partial charge in [-0.15, -0.1) is 0 Å². The number of hydrogen-bond donors (Lipinski definition) is 1. The molecule has 1 heterocycles. The highest BCUT2D eigenvalue weighted by atomic mass is 32.2. The van der Waals surface area contributed by atoms with Gasteiger partial charge in [0.1, 0.15) is 0 Å². The van der Waals surface area contributed by atoms with E-state index in [1.807, 2.05) is 38.1 Å². The molecule has 1 saturated heterocycles. The van der Waals surface area contributed by atoms with Gasteiger partial charge in [-0.3, -0.25) is 9.69 Å². The molecule has 0 spiro atoms. The zero-order valence-electron chi connectivity index (χ0n) is 18.2. The molecule has 8 heteroatoms. The molecule has 1 N–H and O–H groups in total. The van der Waals surface area contributed by atoms with Crippen LogP contribution in [-0.2, 0) is 16.0 Å². The lowest BCUT2D eigenvalue weighted by molar-refractivity contribution is -0.145. The predicted octanol–water partition coefficient (Wildman–Crippen LogP) is 5.30. The van der Waals surface area contributed by atoms with Crippen molar-refractivity contribution >= 4 is 51.9 Å². The monoisotopic (exact) mass is 471 g/mol. The number of hydrogen-bond acceptors (Lipinski definition) is 6. The Morgan fingerprint density at radius 1 is 1.19 bits per heavy atom. The number of rotatable bonds is 9. The van der Waals surface area contributed by atoms with E-state index < -0.39 is 12.1 Å². The summed E-state index contributed by atoms with van der Waals surface area (Å²) >= 11 is 6.75. The van der Waals surface area contributed by atoms with Gasteiger partial charge in [0.2, 0.25) is 0 Å². The summed E-state index contributed by atoms with van der Waals surface area (Å²) < 4.78 is 11.8. The standard InChI is InChI=1S/C24H25NO5S2/c1-4-16-9-7-8-10-17(16)25-22(26)21(32-24(25)31)14-15-11-12-19(20(13-15)29-6-3)30-18(5-2)23(27)28/h7-14,18H,4-6H2,1-3H3,(H,27,28)/b21-14+. The van der Waals surface area contributed by atoms with Gasteiger partial charge in [-0.05, 0) is 55.2 Å². The van der Waals surface area contributed by atoms with E-state index in [2.05, 4.69) is 0 Å². The third-order valence-corrected chi connectivity index (χ3v) is 6.19. The summed E-state index contributed by atoms with van der Waals surface area (Å²) in [6.07, 6.45) is 1.91. The van der Waals surface area contributed by atoms with E-state index >= 15 is 0 Å². The second kappa shape index (κ2) is 10.7. The predicted molar refractivity (Wildman–Crippen MR) is 131 cm³/mol. The minimum absolute atomic E-state index is 0.170. The highest BCUT2D eigenvalue weighted by Gasteiger charge is 2.34. The minimum atomic E-state index is -1.03. The first-order chi connectivity index (χ1) is 15.4. The molecule has 0 aliphatic carbocycles. The van der Waals surface area contributed by atoms with Crippen LogP contribution in [-0.4, -0.2) is 34.0 Å². The van der Waals surface area contributed by atoms with E-state index in [1.54, 1.807) is 36.1 Å².